The van der Waals surface area contributed by atoms with Crippen LogP contribution in [0.2, 0.25) is 5.02 Å². The first kappa shape index (κ1) is 15.4. The molecule has 0 N–H and O–H groups in total. The lowest BCUT2D eigenvalue weighted by Crippen LogP contribution is -2.46. The lowest BCUT2D eigenvalue weighted by atomic mass is 9.89. The standard InChI is InChI=1S/C17H22ClNOS/c18-15-5-3-13(4-6-15)17(20)14-2-1-9-19(12-14)16-7-10-21-11-8-16/h3-6,14,16H,1-2,7-12H2/t14-/m1/s1. The van der Waals surface area contributed by atoms with Crippen molar-refractivity contribution in [1.82, 2.24) is 4.90 Å². The van der Waals surface area contributed by atoms with Crippen molar-refractivity contribution < 1.29 is 4.79 Å². The molecule has 2 aliphatic rings. The van der Waals surface area contributed by atoms with E-state index >= 15 is 0 Å². The van der Waals surface area contributed by atoms with Crippen molar-refractivity contribution >= 4 is 29.1 Å². The summed E-state index contributed by atoms with van der Waals surface area (Å²) in [5.74, 6) is 3.00. The fraction of sp³-hybridized carbons (Fsp3) is 0.588. The molecule has 0 saturated carbocycles. The van der Waals surface area contributed by atoms with Gasteiger partial charge in [0.2, 0.25) is 0 Å². The number of halogens is 1. The number of Topliss-reactive ketones (excluding diaryl/α,β-unsaturated/α-hetero) is 1. The van der Waals surface area contributed by atoms with Gasteiger partial charge in [-0.15, -0.1) is 0 Å². The van der Waals surface area contributed by atoms with E-state index in [-0.39, 0.29) is 5.92 Å². The van der Waals surface area contributed by atoms with E-state index in [1.807, 2.05) is 24.3 Å². The van der Waals surface area contributed by atoms with Gasteiger partial charge in [0, 0.05) is 29.1 Å². The summed E-state index contributed by atoms with van der Waals surface area (Å²) >= 11 is 7.97. The largest absolute Gasteiger partial charge is 0.300 e. The Morgan fingerprint density at radius 3 is 2.57 bits per heavy atom. The highest BCUT2D eigenvalue weighted by atomic mass is 35.5. The van der Waals surface area contributed by atoms with Crippen molar-refractivity contribution in [2.24, 2.45) is 5.92 Å². The first-order chi connectivity index (χ1) is 10.2. The number of ketones is 1. The van der Waals surface area contributed by atoms with Gasteiger partial charge in [0.1, 0.15) is 0 Å². The van der Waals surface area contributed by atoms with Crippen molar-refractivity contribution in [3.63, 3.8) is 0 Å². The Balaban J connectivity index is 1.64. The molecule has 2 nitrogen and oxygen atoms in total. The van der Waals surface area contributed by atoms with Crippen LogP contribution < -0.4 is 0 Å². The topological polar surface area (TPSA) is 20.3 Å². The highest BCUT2D eigenvalue weighted by Crippen LogP contribution is 2.28. The van der Waals surface area contributed by atoms with Gasteiger partial charge < -0.3 is 0 Å². The highest BCUT2D eigenvalue weighted by Gasteiger charge is 2.30. The maximum absolute atomic E-state index is 12.7. The van der Waals surface area contributed by atoms with E-state index < -0.39 is 0 Å². The van der Waals surface area contributed by atoms with Crippen LogP contribution in [0.5, 0.6) is 0 Å². The van der Waals surface area contributed by atoms with E-state index in [0.29, 0.717) is 16.8 Å². The van der Waals surface area contributed by atoms with Crippen molar-refractivity contribution in [2.45, 2.75) is 31.7 Å². The van der Waals surface area contributed by atoms with Gasteiger partial charge in [0.25, 0.3) is 0 Å². The van der Waals surface area contributed by atoms with Crippen LogP contribution in [-0.4, -0.2) is 41.3 Å². The fourth-order valence-electron chi connectivity index (χ4n) is 3.45. The van der Waals surface area contributed by atoms with Crippen LogP contribution >= 0.6 is 23.4 Å². The van der Waals surface area contributed by atoms with Crippen LogP contribution in [0, 0.1) is 5.92 Å². The number of rotatable bonds is 3. The Morgan fingerprint density at radius 2 is 1.86 bits per heavy atom. The van der Waals surface area contributed by atoms with Crippen LogP contribution in [-0.2, 0) is 0 Å². The normalized spacial score (nSPS) is 24.9. The molecule has 0 radical (unpaired) electrons. The molecule has 4 heteroatoms. The van der Waals surface area contributed by atoms with E-state index in [2.05, 4.69) is 16.7 Å². The van der Waals surface area contributed by atoms with Crippen LogP contribution in [0.1, 0.15) is 36.0 Å². The second-order valence-corrected chi connectivity index (χ2v) is 7.71. The number of thioether (sulfide) groups is 1. The van der Waals surface area contributed by atoms with Gasteiger partial charge in [-0.05, 0) is 68.0 Å². The Bertz CT molecular complexity index is 484. The Kier molecular flexibility index (Phi) is 5.25. The summed E-state index contributed by atoms with van der Waals surface area (Å²) in [4.78, 5) is 15.2. The molecule has 0 amide bonds. The number of piperidine rings is 1. The third-order valence-corrected chi connectivity index (χ3v) is 5.96. The zero-order valence-corrected chi connectivity index (χ0v) is 13.8. The summed E-state index contributed by atoms with van der Waals surface area (Å²) in [6.07, 6.45) is 4.74. The number of nitrogens with zero attached hydrogens (tertiary/aromatic N) is 1. The van der Waals surface area contributed by atoms with Gasteiger partial charge in [-0.1, -0.05) is 11.6 Å². The number of benzene rings is 1. The predicted molar refractivity (Wildman–Crippen MR) is 90.4 cm³/mol. The molecule has 2 saturated heterocycles. The lowest BCUT2D eigenvalue weighted by molar-refractivity contribution is 0.0741. The third-order valence-electron chi connectivity index (χ3n) is 4.66. The van der Waals surface area contributed by atoms with E-state index in [1.165, 1.54) is 30.9 Å². The molecule has 2 aliphatic heterocycles. The molecule has 2 fully saturated rings. The maximum atomic E-state index is 12.7. The second kappa shape index (κ2) is 7.17. The Morgan fingerprint density at radius 1 is 1.14 bits per heavy atom. The van der Waals surface area contributed by atoms with Crippen LogP contribution in [0.4, 0.5) is 0 Å². The van der Waals surface area contributed by atoms with Gasteiger partial charge in [0.15, 0.2) is 5.78 Å². The fourth-order valence-corrected chi connectivity index (χ4v) is 4.66. The molecular formula is C17H22ClNOS. The van der Waals surface area contributed by atoms with Gasteiger partial charge in [-0.2, -0.15) is 11.8 Å². The summed E-state index contributed by atoms with van der Waals surface area (Å²) in [7, 11) is 0. The molecule has 0 aliphatic carbocycles. The Labute approximate surface area is 136 Å². The zero-order chi connectivity index (χ0) is 14.7. The van der Waals surface area contributed by atoms with E-state index in [0.717, 1.165) is 24.9 Å². The number of hydrogen-bond acceptors (Lipinski definition) is 3. The zero-order valence-electron chi connectivity index (χ0n) is 12.3. The molecule has 21 heavy (non-hydrogen) atoms. The molecule has 0 spiro atoms. The van der Waals surface area contributed by atoms with Gasteiger partial charge in [-0.25, -0.2) is 0 Å². The Hall–Kier alpha value is -0.510. The minimum Gasteiger partial charge on any atom is -0.300 e. The first-order valence-corrected chi connectivity index (χ1v) is 9.39. The molecular weight excluding hydrogens is 302 g/mol. The van der Waals surface area contributed by atoms with Gasteiger partial charge in [-0.3, -0.25) is 9.69 Å². The number of carbonyl (C=O) groups is 1. The van der Waals surface area contributed by atoms with E-state index in [1.54, 1.807) is 0 Å². The van der Waals surface area contributed by atoms with Crippen molar-refractivity contribution in [3.05, 3.63) is 34.9 Å². The molecule has 1 aromatic carbocycles. The second-order valence-electron chi connectivity index (χ2n) is 6.05. The number of hydrogen-bond donors (Lipinski definition) is 0. The van der Waals surface area contributed by atoms with Gasteiger partial charge >= 0.3 is 0 Å². The van der Waals surface area contributed by atoms with Crippen molar-refractivity contribution in [2.75, 3.05) is 24.6 Å². The summed E-state index contributed by atoms with van der Waals surface area (Å²) in [5.41, 5.74) is 0.811. The van der Waals surface area contributed by atoms with Crippen LogP contribution in [0.25, 0.3) is 0 Å². The van der Waals surface area contributed by atoms with Gasteiger partial charge in [0.05, 0.1) is 0 Å². The molecule has 114 valence electrons. The van der Waals surface area contributed by atoms with Crippen LogP contribution in [0.15, 0.2) is 24.3 Å². The third kappa shape index (κ3) is 3.82. The average molecular weight is 324 g/mol. The minimum atomic E-state index is 0.162. The maximum Gasteiger partial charge on any atom is 0.167 e. The molecule has 0 bridgehead atoms. The number of carbonyl (C=O) groups excluding carboxylic acids is 1. The molecule has 1 aromatic rings. The molecule has 2 heterocycles. The first-order valence-electron chi connectivity index (χ1n) is 7.85. The van der Waals surface area contributed by atoms with Crippen molar-refractivity contribution in [3.8, 4) is 0 Å². The highest BCUT2D eigenvalue weighted by molar-refractivity contribution is 7.99. The van der Waals surface area contributed by atoms with E-state index in [9.17, 15) is 4.79 Å². The molecule has 0 unspecified atom stereocenters. The van der Waals surface area contributed by atoms with E-state index in [4.69, 9.17) is 11.6 Å². The quantitative estimate of drug-likeness (QED) is 0.780. The predicted octanol–water partition coefficient (Wildman–Crippen LogP) is 4.13. The summed E-state index contributed by atoms with van der Waals surface area (Å²) in [6, 6.07) is 8.05. The SMILES string of the molecule is O=C(c1ccc(Cl)cc1)[C@@H]1CCCN(C2CCSCC2)C1. The molecule has 1 atom stereocenters. The monoisotopic (exact) mass is 323 g/mol. The van der Waals surface area contributed by atoms with Crippen molar-refractivity contribution in [1.29, 1.82) is 0 Å². The summed E-state index contributed by atoms with van der Waals surface area (Å²) < 4.78 is 0. The molecule has 0 aromatic heterocycles. The average Bonchev–Trinajstić information content (AvgIpc) is 2.56. The summed E-state index contributed by atoms with van der Waals surface area (Å²) in [5, 5.41) is 0.691. The lowest BCUT2D eigenvalue weighted by Gasteiger charge is -2.39. The summed E-state index contributed by atoms with van der Waals surface area (Å²) in [6.45, 7) is 2.11. The number of likely N-dealkylation sites (tertiary alicyclic amines) is 1. The van der Waals surface area contributed by atoms with Crippen LogP contribution in [0.3, 0.4) is 0 Å². The molecule has 3 rings (SSSR count). The smallest absolute Gasteiger partial charge is 0.167 e. The minimum absolute atomic E-state index is 0.162.